The minimum Gasteiger partial charge on any atom is -0.384 e. The molecule has 0 unspecified atom stereocenters. The van der Waals surface area contributed by atoms with E-state index in [-0.39, 0.29) is 24.2 Å². The van der Waals surface area contributed by atoms with Gasteiger partial charge in [-0.05, 0) is 62.9 Å². The number of nitrogens with zero attached hydrogens (tertiary/aromatic N) is 1. The summed E-state index contributed by atoms with van der Waals surface area (Å²) in [4.78, 5) is 27.3. The minimum atomic E-state index is -0.440. The van der Waals surface area contributed by atoms with Crippen LogP contribution in [0.2, 0.25) is 0 Å². The molecule has 28 heavy (non-hydrogen) atoms. The molecule has 2 fully saturated rings. The van der Waals surface area contributed by atoms with Gasteiger partial charge in [-0.15, -0.1) is 12.4 Å². The molecule has 156 valence electrons. The molecular weight excluding hydrogens is 378 g/mol. The second-order valence-corrected chi connectivity index (χ2v) is 7.70. The van der Waals surface area contributed by atoms with E-state index in [1.165, 1.54) is 6.42 Å². The summed E-state index contributed by atoms with van der Waals surface area (Å²) >= 11 is 0. The average Bonchev–Trinajstić information content (AvgIpc) is 2.73. The number of benzene rings is 1. The molecule has 2 heterocycles. The lowest BCUT2D eigenvalue weighted by Gasteiger charge is -2.35. The molecule has 2 saturated heterocycles. The van der Waals surface area contributed by atoms with E-state index in [9.17, 15) is 9.59 Å². The van der Waals surface area contributed by atoms with Crippen LogP contribution in [0, 0.1) is 5.41 Å². The Kier molecular flexibility index (Phi) is 8.73. The highest BCUT2D eigenvalue weighted by Crippen LogP contribution is 2.29. The molecule has 7 heteroatoms. The second-order valence-electron chi connectivity index (χ2n) is 7.70. The first-order chi connectivity index (χ1) is 13.1. The Morgan fingerprint density at radius 3 is 2.36 bits per heavy atom. The Bertz CT molecular complexity index is 633. The van der Waals surface area contributed by atoms with E-state index < -0.39 is 5.41 Å². The first kappa shape index (κ1) is 22.7. The van der Waals surface area contributed by atoms with Crippen molar-refractivity contribution in [1.82, 2.24) is 15.5 Å². The maximum Gasteiger partial charge on any atom is 0.253 e. The largest absolute Gasteiger partial charge is 0.384 e. The number of carbonyl (C=O) groups excluding carboxylic acids is 2. The summed E-state index contributed by atoms with van der Waals surface area (Å²) in [5.74, 6) is 0.165. The number of amides is 2. The fourth-order valence-electron chi connectivity index (χ4n) is 4.03. The number of carbonyl (C=O) groups is 2. The van der Waals surface area contributed by atoms with Gasteiger partial charge in [-0.2, -0.15) is 0 Å². The van der Waals surface area contributed by atoms with Crippen LogP contribution in [0.4, 0.5) is 0 Å². The Morgan fingerprint density at radius 1 is 1.11 bits per heavy atom. The minimum absolute atomic E-state index is 0. The van der Waals surface area contributed by atoms with Crippen molar-refractivity contribution in [3.05, 3.63) is 35.4 Å². The van der Waals surface area contributed by atoms with Crippen molar-refractivity contribution in [1.29, 1.82) is 0 Å². The number of nitrogens with one attached hydrogen (secondary N) is 2. The molecule has 2 aliphatic rings. The number of hydrogen-bond donors (Lipinski definition) is 2. The Morgan fingerprint density at radius 2 is 1.75 bits per heavy atom. The number of ether oxygens (including phenoxy) is 1. The molecule has 0 radical (unpaired) electrons. The third kappa shape index (κ3) is 5.46. The standard InChI is InChI=1S/C21H31N3O3.ClH/c1-27-16-21(9-11-22-12-10-21)20(26)23-15-17-5-7-18(8-6-17)19(25)24-13-3-2-4-14-24;/h5-8,22H,2-4,9-16H2,1H3,(H,23,26);1H. The van der Waals surface area contributed by atoms with E-state index in [1.807, 2.05) is 29.2 Å². The molecule has 2 aliphatic heterocycles. The number of likely N-dealkylation sites (tertiary alicyclic amines) is 1. The van der Waals surface area contributed by atoms with Crippen molar-refractivity contribution >= 4 is 24.2 Å². The van der Waals surface area contributed by atoms with Gasteiger partial charge in [0.1, 0.15) is 0 Å². The lowest BCUT2D eigenvalue weighted by atomic mass is 9.78. The van der Waals surface area contributed by atoms with Crippen LogP contribution in [0.5, 0.6) is 0 Å². The highest BCUT2D eigenvalue weighted by molar-refractivity contribution is 5.94. The van der Waals surface area contributed by atoms with Crippen molar-refractivity contribution < 1.29 is 14.3 Å². The van der Waals surface area contributed by atoms with Gasteiger partial charge in [0, 0.05) is 32.3 Å². The fraction of sp³-hybridized carbons (Fsp3) is 0.619. The van der Waals surface area contributed by atoms with Crippen LogP contribution in [-0.4, -0.2) is 56.6 Å². The first-order valence-corrected chi connectivity index (χ1v) is 10.0. The predicted octanol–water partition coefficient (Wildman–Crippen LogP) is 2.37. The van der Waals surface area contributed by atoms with Crippen molar-refractivity contribution in [2.75, 3.05) is 39.9 Å². The van der Waals surface area contributed by atoms with Crippen molar-refractivity contribution in [3.63, 3.8) is 0 Å². The summed E-state index contributed by atoms with van der Waals surface area (Å²) in [6.45, 7) is 4.30. The first-order valence-electron chi connectivity index (χ1n) is 10.0. The molecule has 0 aromatic heterocycles. The third-order valence-electron chi connectivity index (χ3n) is 5.76. The Labute approximate surface area is 173 Å². The Balaban J connectivity index is 0.00000280. The summed E-state index contributed by atoms with van der Waals surface area (Å²) < 4.78 is 5.33. The van der Waals surface area contributed by atoms with Crippen molar-refractivity contribution in [2.24, 2.45) is 5.41 Å². The average molecular weight is 410 g/mol. The summed E-state index contributed by atoms with van der Waals surface area (Å²) in [5.41, 5.74) is 1.28. The molecule has 0 spiro atoms. The molecule has 0 aliphatic carbocycles. The van der Waals surface area contributed by atoms with Crippen LogP contribution in [0.3, 0.4) is 0 Å². The molecule has 0 bridgehead atoms. The molecular formula is C21H32ClN3O3. The second kappa shape index (κ2) is 10.8. The maximum atomic E-state index is 12.8. The van der Waals surface area contributed by atoms with Gasteiger partial charge in [0.25, 0.3) is 5.91 Å². The summed E-state index contributed by atoms with van der Waals surface area (Å²) in [5, 5.41) is 6.36. The molecule has 3 rings (SSSR count). The summed E-state index contributed by atoms with van der Waals surface area (Å²) in [6.07, 6.45) is 4.97. The van der Waals surface area contributed by atoms with Crippen LogP contribution in [0.25, 0.3) is 0 Å². The van der Waals surface area contributed by atoms with Crippen LogP contribution in [-0.2, 0) is 16.1 Å². The SMILES string of the molecule is COCC1(C(=O)NCc2ccc(C(=O)N3CCCCC3)cc2)CCNCC1.Cl. The molecule has 2 N–H and O–H groups in total. The molecule has 1 aromatic rings. The van der Waals surface area contributed by atoms with Gasteiger partial charge in [-0.25, -0.2) is 0 Å². The monoisotopic (exact) mass is 409 g/mol. The quantitative estimate of drug-likeness (QED) is 0.756. The van der Waals surface area contributed by atoms with Gasteiger partial charge < -0.3 is 20.3 Å². The Hall–Kier alpha value is -1.63. The topological polar surface area (TPSA) is 70.7 Å². The van der Waals surface area contributed by atoms with Gasteiger partial charge in [0.15, 0.2) is 0 Å². The smallest absolute Gasteiger partial charge is 0.253 e. The number of hydrogen-bond acceptors (Lipinski definition) is 4. The third-order valence-corrected chi connectivity index (χ3v) is 5.76. The van der Waals surface area contributed by atoms with Gasteiger partial charge in [-0.1, -0.05) is 12.1 Å². The molecule has 0 saturated carbocycles. The van der Waals surface area contributed by atoms with E-state index in [4.69, 9.17) is 4.74 Å². The number of methoxy groups -OCH3 is 1. The fourth-order valence-corrected chi connectivity index (χ4v) is 4.03. The van der Waals surface area contributed by atoms with Gasteiger partial charge >= 0.3 is 0 Å². The molecule has 6 nitrogen and oxygen atoms in total. The van der Waals surface area contributed by atoms with E-state index >= 15 is 0 Å². The summed E-state index contributed by atoms with van der Waals surface area (Å²) in [6, 6.07) is 7.60. The van der Waals surface area contributed by atoms with Crippen LogP contribution in [0.1, 0.15) is 48.0 Å². The van der Waals surface area contributed by atoms with Gasteiger partial charge in [-0.3, -0.25) is 9.59 Å². The number of rotatable bonds is 6. The lowest BCUT2D eigenvalue weighted by Crippen LogP contribution is -2.49. The normalized spacial score (nSPS) is 18.8. The van der Waals surface area contributed by atoms with Crippen molar-refractivity contribution in [3.8, 4) is 0 Å². The van der Waals surface area contributed by atoms with Crippen LogP contribution in [0.15, 0.2) is 24.3 Å². The zero-order valence-electron chi connectivity index (χ0n) is 16.7. The molecule has 1 aromatic carbocycles. The highest BCUT2D eigenvalue weighted by Gasteiger charge is 2.39. The highest BCUT2D eigenvalue weighted by atomic mass is 35.5. The van der Waals surface area contributed by atoms with E-state index in [0.717, 1.165) is 63.0 Å². The van der Waals surface area contributed by atoms with Crippen LogP contribution < -0.4 is 10.6 Å². The zero-order chi connectivity index (χ0) is 19.1. The van der Waals surface area contributed by atoms with E-state index in [1.54, 1.807) is 7.11 Å². The summed E-state index contributed by atoms with van der Waals surface area (Å²) in [7, 11) is 1.65. The number of piperidine rings is 2. The lowest BCUT2D eigenvalue weighted by molar-refractivity contribution is -0.136. The predicted molar refractivity (Wildman–Crippen MR) is 112 cm³/mol. The molecule has 0 atom stereocenters. The van der Waals surface area contributed by atoms with Gasteiger partial charge in [0.2, 0.25) is 5.91 Å². The van der Waals surface area contributed by atoms with Gasteiger partial charge in [0.05, 0.1) is 12.0 Å². The van der Waals surface area contributed by atoms with E-state index in [0.29, 0.717) is 13.2 Å². The van der Waals surface area contributed by atoms with Crippen LogP contribution >= 0.6 is 12.4 Å². The zero-order valence-corrected chi connectivity index (χ0v) is 17.5. The number of halogens is 1. The van der Waals surface area contributed by atoms with Crippen molar-refractivity contribution in [2.45, 2.75) is 38.6 Å². The molecule has 2 amide bonds. The van der Waals surface area contributed by atoms with E-state index in [2.05, 4.69) is 10.6 Å². The maximum absolute atomic E-state index is 12.8.